The van der Waals surface area contributed by atoms with Crippen molar-refractivity contribution in [1.29, 1.82) is 0 Å². The van der Waals surface area contributed by atoms with E-state index < -0.39 is 17.5 Å². The predicted molar refractivity (Wildman–Crippen MR) is 79.0 cm³/mol. The Labute approximate surface area is 128 Å². The fourth-order valence-electron chi connectivity index (χ4n) is 1.59. The zero-order chi connectivity index (χ0) is 15.4. The molecule has 21 heavy (non-hydrogen) atoms. The van der Waals surface area contributed by atoms with E-state index in [-0.39, 0.29) is 18.0 Å². The Morgan fingerprint density at radius 1 is 1.24 bits per heavy atom. The van der Waals surface area contributed by atoms with Crippen LogP contribution in [-0.2, 0) is 4.79 Å². The highest BCUT2D eigenvalue weighted by Crippen LogP contribution is 2.21. The fraction of sp³-hybridized carbons (Fsp3) is 0.0714. The van der Waals surface area contributed by atoms with Crippen LogP contribution < -0.4 is 15.8 Å². The van der Waals surface area contributed by atoms with Crippen molar-refractivity contribution in [3.63, 3.8) is 0 Å². The van der Waals surface area contributed by atoms with Crippen LogP contribution in [0.1, 0.15) is 0 Å². The first kappa shape index (κ1) is 15.2. The molecule has 0 unspecified atom stereocenters. The van der Waals surface area contributed by atoms with Crippen LogP contribution in [0.15, 0.2) is 40.9 Å². The minimum absolute atomic E-state index is 0.0379. The summed E-state index contributed by atoms with van der Waals surface area (Å²) in [6, 6.07) is 7.74. The maximum atomic E-state index is 13.4. The maximum Gasteiger partial charge on any atom is 0.262 e. The van der Waals surface area contributed by atoms with Gasteiger partial charge in [0.25, 0.3) is 5.91 Å². The van der Waals surface area contributed by atoms with Gasteiger partial charge in [-0.25, -0.2) is 8.78 Å². The Balaban J connectivity index is 1.97. The van der Waals surface area contributed by atoms with Crippen molar-refractivity contribution in [3.05, 3.63) is 52.5 Å². The summed E-state index contributed by atoms with van der Waals surface area (Å²) in [6.45, 7) is -0.385. The number of rotatable bonds is 4. The lowest BCUT2D eigenvalue weighted by atomic mass is 10.2. The number of carbonyl (C=O) groups excluding carboxylic acids is 1. The first-order chi connectivity index (χ1) is 9.94. The Bertz CT molecular complexity index is 660. The van der Waals surface area contributed by atoms with E-state index >= 15 is 0 Å². The van der Waals surface area contributed by atoms with E-state index in [0.29, 0.717) is 10.2 Å². The number of nitrogens with two attached hydrogens (primary N) is 1. The van der Waals surface area contributed by atoms with Gasteiger partial charge in [-0.15, -0.1) is 0 Å². The number of amides is 1. The van der Waals surface area contributed by atoms with Gasteiger partial charge in [-0.05, 0) is 30.3 Å². The number of nitrogen functional groups attached to an aromatic ring is 1. The third-order valence-corrected chi connectivity index (χ3v) is 2.93. The van der Waals surface area contributed by atoms with E-state index in [0.717, 1.165) is 12.1 Å². The van der Waals surface area contributed by atoms with Crippen molar-refractivity contribution in [2.24, 2.45) is 0 Å². The molecule has 3 N–H and O–H groups in total. The predicted octanol–water partition coefficient (Wildman–Crippen LogP) is 3.33. The number of hydrogen-bond acceptors (Lipinski definition) is 3. The molecule has 0 aliphatic heterocycles. The number of benzene rings is 2. The number of hydrogen-bond donors (Lipinski definition) is 2. The average Bonchev–Trinajstić information content (AvgIpc) is 2.40. The molecule has 0 radical (unpaired) electrons. The standard InChI is InChI=1S/C14H11BrF2N2O2/c15-8-3-9(16)5-11(4-8)21-7-14(20)19-13-6-10(18)1-2-12(13)17/h1-6H,7,18H2,(H,19,20). The zero-order valence-corrected chi connectivity index (χ0v) is 12.3. The molecule has 0 spiro atoms. The summed E-state index contributed by atoms with van der Waals surface area (Å²) in [7, 11) is 0. The van der Waals surface area contributed by atoms with E-state index in [9.17, 15) is 13.6 Å². The smallest absolute Gasteiger partial charge is 0.262 e. The van der Waals surface area contributed by atoms with E-state index in [1.54, 1.807) is 0 Å². The number of carbonyl (C=O) groups is 1. The van der Waals surface area contributed by atoms with Gasteiger partial charge in [0.1, 0.15) is 17.4 Å². The van der Waals surface area contributed by atoms with E-state index in [1.165, 1.54) is 24.3 Å². The molecule has 0 aromatic heterocycles. The van der Waals surface area contributed by atoms with Gasteiger partial charge in [0.2, 0.25) is 0 Å². The molecule has 1 amide bonds. The molecule has 0 saturated heterocycles. The second-order valence-electron chi connectivity index (χ2n) is 4.18. The third kappa shape index (κ3) is 4.42. The van der Waals surface area contributed by atoms with Crippen molar-refractivity contribution >= 4 is 33.2 Å². The van der Waals surface area contributed by atoms with Crippen molar-refractivity contribution in [1.82, 2.24) is 0 Å². The van der Waals surface area contributed by atoms with Gasteiger partial charge < -0.3 is 15.8 Å². The molecule has 0 heterocycles. The highest BCUT2D eigenvalue weighted by molar-refractivity contribution is 9.10. The SMILES string of the molecule is Nc1ccc(F)c(NC(=O)COc2cc(F)cc(Br)c2)c1. The molecule has 0 bridgehead atoms. The van der Waals surface area contributed by atoms with E-state index in [4.69, 9.17) is 10.5 Å². The van der Waals surface area contributed by atoms with Gasteiger partial charge in [-0.3, -0.25) is 4.79 Å². The number of nitrogens with one attached hydrogen (secondary N) is 1. The lowest BCUT2D eigenvalue weighted by Gasteiger charge is -2.09. The van der Waals surface area contributed by atoms with Gasteiger partial charge in [0.15, 0.2) is 6.61 Å². The molecule has 4 nitrogen and oxygen atoms in total. The summed E-state index contributed by atoms with van der Waals surface area (Å²) in [5, 5.41) is 2.33. The summed E-state index contributed by atoms with van der Waals surface area (Å²) in [5.74, 6) is -1.50. The molecule has 2 aromatic rings. The first-order valence-electron chi connectivity index (χ1n) is 5.88. The van der Waals surface area contributed by atoms with Crippen LogP contribution in [0.25, 0.3) is 0 Å². The van der Waals surface area contributed by atoms with Gasteiger partial charge >= 0.3 is 0 Å². The molecular formula is C14H11BrF2N2O2. The minimum Gasteiger partial charge on any atom is -0.484 e. The molecule has 0 aliphatic carbocycles. The van der Waals surface area contributed by atoms with Crippen molar-refractivity contribution in [2.75, 3.05) is 17.7 Å². The number of halogens is 3. The normalized spacial score (nSPS) is 10.2. The molecule has 0 atom stereocenters. The fourth-order valence-corrected chi connectivity index (χ4v) is 2.03. The van der Waals surface area contributed by atoms with Gasteiger partial charge in [0, 0.05) is 16.2 Å². The van der Waals surface area contributed by atoms with Crippen LogP contribution in [-0.4, -0.2) is 12.5 Å². The van der Waals surface area contributed by atoms with Crippen molar-refractivity contribution in [2.45, 2.75) is 0 Å². The minimum atomic E-state index is -0.606. The average molecular weight is 357 g/mol. The molecule has 0 saturated carbocycles. The molecule has 110 valence electrons. The summed E-state index contributed by atoms with van der Waals surface area (Å²) in [6.07, 6.45) is 0. The van der Waals surface area contributed by atoms with Crippen LogP contribution in [0.4, 0.5) is 20.2 Å². The first-order valence-corrected chi connectivity index (χ1v) is 6.67. The largest absolute Gasteiger partial charge is 0.484 e. The number of anilines is 2. The Morgan fingerprint density at radius 2 is 2.00 bits per heavy atom. The maximum absolute atomic E-state index is 13.4. The Hall–Kier alpha value is -2.15. The Kier molecular flexibility index (Phi) is 4.74. The van der Waals surface area contributed by atoms with Crippen molar-refractivity contribution in [3.8, 4) is 5.75 Å². The summed E-state index contributed by atoms with van der Waals surface area (Å²) >= 11 is 3.11. The Morgan fingerprint density at radius 3 is 2.71 bits per heavy atom. The summed E-state index contributed by atoms with van der Waals surface area (Å²) in [5.41, 5.74) is 5.79. The molecule has 2 rings (SSSR count). The number of ether oxygens (including phenoxy) is 1. The summed E-state index contributed by atoms with van der Waals surface area (Å²) in [4.78, 5) is 11.7. The summed E-state index contributed by atoms with van der Waals surface area (Å²) < 4.78 is 32.2. The molecule has 2 aromatic carbocycles. The van der Waals surface area contributed by atoms with Crippen molar-refractivity contribution < 1.29 is 18.3 Å². The highest BCUT2D eigenvalue weighted by Gasteiger charge is 2.09. The van der Waals surface area contributed by atoms with Gasteiger partial charge in [-0.2, -0.15) is 0 Å². The zero-order valence-electron chi connectivity index (χ0n) is 10.7. The third-order valence-electron chi connectivity index (χ3n) is 2.47. The van der Waals surface area contributed by atoms with Crippen LogP contribution >= 0.6 is 15.9 Å². The lowest BCUT2D eigenvalue weighted by Crippen LogP contribution is -2.21. The monoisotopic (exact) mass is 356 g/mol. The topological polar surface area (TPSA) is 64.3 Å². The molecule has 0 fully saturated rings. The highest BCUT2D eigenvalue weighted by atomic mass is 79.9. The lowest BCUT2D eigenvalue weighted by molar-refractivity contribution is -0.118. The van der Waals surface area contributed by atoms with Crippen LogP contribution in [0.5, 0.6) is 5.75 Å². The quantitative estimate of drug-likeness (QED) is 0.825. The van der Waals surface area contributed by atoms with Crippen LogP contribution in [0.3, 0.4) is 0 Å². The molecule has 7 heteroatoms. The second kappa shape index (κ2) is 6.53. The molecule has 0 aliphatic rings. The van der Waals surface area contributed by atoms with Crippen LogP contribution in [0, 0.1) is 11.6 Å². The van der Waals surface area contributed by atoms with Gasteiger partial charge in [0.05, 0.1) is 5.69 Å². The second-order valence-corrected chi connectivity index (χ2v) is 5.10. The van der Waals surface area contributed by atoms with Crippen LogP contribution in [0.2, 0.25) is 0 Å². The van der Waals surface area contributed by atoms with E-state index in [1.807, 2.05) is 0 Å². The van der Waals surface area contributed by atoms with Gasteiger partial charge in [-0.1, -0.05) is 15.9 Å². The van der Waals surface area contributed by atoms with E-state index in [2.05, 4.69) is 21.2 Å². The molecular weight excluding hydrogens is 346 g/mol.